The predicted octanol–water partition coefficient (Wildman–Crippen LogP) is 2.65. The van der Waals surface area contributed by atoms with Crippen LogP contribution >= 0.6 is 0 Å². The molecule has 1 amide bonds. The molecule has 0 bridgehead atoms. The third-order valence-electron chi connectivity index (χ3n) is 5.60. The average molecular weight is 310 g/mol. The van der Waals surface area contributed by atoms with E-state index in [1.807, 2.05) is 4.90 Å². The van der Waals surface area contributed by atoms with E-state index in [9.17, 15) is 9.90 Å². The average Bonchev–Trinajstić information content (AvgIpc) is 2.48. The van der Waals surface area contributed by atoms with Crippen molar-refractivity contribution in [1.29, 1.82) is 0 Å². The second kappa shape index (κ2) is 7.78. The number of nitrogens with zero attached hydrogens (tertiary/aromatic N) is 2. The first-order chi connectivity index (χ1) is 10.4. The van der Waals surface area contributed by atoms with Crippen LogP contribution in [0.3, 0.4) is 0 Å². The molecule has 0 aromatic carbocycles. The second-order valence-electron chi connectivity index (χ2n) is 7.64. The molecule has 4 heteroatoms. The summed E-state index contributed by atoms with van der Waals surface area (Å²) in [4.78, 5) is 16.9. The lowest BCUT2D eigenvalue weighted by atomic mass is 9.86. The van der Waals surface area contributed by atoms with Gasteiger partial charge in [-0.3, -0.25) is 4.79 Å². The van der Waals surface area contributed by atoms with E-state index in [0.29, 0.717) is 12.5 Å². The fourth-order valence-corrected chi connectivity index (χ4v) is 3.91. The molecular weight excluding hydrogens is 276 g/mol. The third-order valence-corrected chi connectivity index (χ3v) is 5.60. The van der Waals surface area contributed by atoms with Gasteiger partial charge >= 0.3 is 0 Å². The number of rotatable bonds is 5. The molecule has 1 N–H and O–H groups in total. The van der Waals surface area contributed by atoms with Crippen LogP contribution in [-0.2, 0) is 4.79 Å². The van der Waals surface area contributed by atoms with Gasteiger partial charge in [0, 0.05) is 32.2 Å². The van der Waals surface area contributed by atoms with Gasteiger partial charge in [-0.05, 0) is 45.4 Å². The quantitative estimate of drug-likeness (QED) is 0.849. The van der Waals surface area contributed by atoms with Crippen molar-refractivity contribution >= 4 is 5.91 Å². The first kappa shape index (κ1) is 17.7. The van der Waals surface area contributed by atoms with E-state index in [0.717, 1.165) is 57.8 Å². The summed E-state index contributed by atoms with van der Waals surface area (Å²) in [6.07, 6.45) is 6.57. The number of amides is 1. The molecule has 2 aliphatic rings. The highest BCUT2D eigenvalue weighted by molar-refractivity contribution is 5.77. The van der Waals surface area contributed by atoms with Gasteiger partial charge in [0.1, 0.15) is 0 Å². The smallest absolute Gasteiger partial charge is 0.225 e. The highest BCUT2D eigenvalue weighted by Gasteiger charge is 2.36. The molecule has 2 saturated heterocycles. The monoisotopic (exact) mass is 310 g/mol. The molecule has 2 rings (SSSR count). The van der Waals surface area contributed by atoms with Crippen LogP contribution in [0.15, 0.2) is 0 Å². The van der Waals surface area contributed by atoms with E-state index in [-0.39, 0.29) is 5.91 Å². The van der Waals surface area contributed by atoms with Gasteiger partial charge in [0.2, 0.25) is 5.91 Å². The zero-order valence-electron chi connectivity index (χ0n) is 14.7. The standard InChI is InChI=1S/C18H34N2O2/c1-4-5-16-6-10-20(11-7-16)17(21)14-18(22)8-12-19(13-9-18)15(2)3/h15-16,22H,4-14H2,1-3H3. The molecule has 4 nitrogen and oxygen atoms in total. The molecule has 0 aromatic rings. The van der Waals surface area contributed by atoms with Gasteiger partial charge < -0.3 is 14.9 Å². The minimum atomic E-state index is -0.775. The lowest BCUT2D eigenvalue weighted by Crippen LogP contribution is -2.50. The topological polar surface area (TPSA) is 43.8 Å². The van der Waals surface area contributed by atoms with E-state index in [4.69, 9.17) is 0 Å². The Labute approximate surface area is 135 Å². The second-order valence-corrected chi connectivity index (χ2v) is 7.64. The maximum absolute atomic E-state index is 12.5. The number of hydrogen-bond acceptors (Lipinski definition) is 3. The molecule has 0 radical (unpaired) electrons. The summed E-state index contributed by atoms with van der Waals surface area (Å²) in [6, 6.07) is 0.526. The number of aliphatic hydroxyl groups is 1. The Morgan fingerprint density at radius 1 is 1.18 bits per heavy atom. The summed E-state index contributed by atoms with van der Waals surface area (Å²) < 4.78 is 0. The van der Waals surface area contributed by atoms with E-state index in [1.54, 1.807) is 0 Å². The molecule has 2 heterocycles. The lowest BCUT2D eigenvalue weighted by molar-refractivity contribution is -0.140. The van der Waals surface area contributed by atoms with E-state index >= 15 is 0 Å². The van der Waals surface area contributed by atoms with Crippen LogP contribution in [0.2, 0.25) is 0 Å². The number of piperidine rings is 2. The van der Waals surface area contributed by atoms with Crippen molar-refractivity contribution in [1.82, 2.24) is 9.80 Å². The van der Waals surface area contributed by atoms with Gasteiger partial charge in [-0.15, -0.1) is 0 Å². The van der Waals surface area contributed by atoms with E-state index in [2.05, 4.69) is 25.7 Å². The minimum absolute atomic E-state index is 0.162. The van der Waals surface area contributed by atoms with E-state index in [1.165, 1.54) is 12.8 Å². The molecule has 2 aliphatic heterocycles. The molecule has 0 saturated carbocycles. The fourth-order valence-electron chi connectivity index (χ4n) is 3.91. The van der Waals surface area contributed by atoms with Crippen LogP contribution in [-0.4, -0.2) is 58.6 Å². The number of hydrogen-bond donors (Lipinski definition) is 1. The molecule has 0 aromatic heterocycles. The Morgan fingerprint density at radius 3 is 2.27 bits per heavy atom. The van der Waals surface area contributed by atoms with Crippen molar-refractivity contribution in [2.45, 2.75) is 77.4 Å². The van der Waals surface area contributed by atoms with Crippen LogP contribution < -0.4 is 0 Å². The Balaban J connectivity index is 1.77. The highest BCUT2D eigenvalue weighted by Crippen LogP contribution is 2.29. The normalized spacial score (nSPS) is 24.0. The summed E-state index contributed by atoms with van der Waals surface area (Å²) in [5, 5.41) is 10.7. The first-order valence-corrected chi connectivity index (χ1v) is 9.18. The molecule has 0 aliphatic carbocycles. The first-order valence-electron chi connectivity index (χ1n) is 9.18. The van der Waals surface area contributed by atoms with Gasteiger partial charge in [0.25, 0.3) is 0 Å². The van der Waals surface area contributed by atoms with Crippen LogP contribution in [0, 0.1) is 5.92 Å². The number of carbonyl (C=O) groups is 1. The summed E-state index contributed by atoms with van der Waals surface area (Å²) in [5.41, 5.74) is -0.775. The maximum Gasteiger partial charge on any atom is 0.225 e. The number of likely N-dealkylation sites (tertiary alicyclic amines) is 2. The van der Waals surface area contributed by atoms with Gasteiger partial charge in [-0.1, -0.05) is 19.8 Å². The van der Waals surface area contributed by atoms with Gasteiger partial charge in [0.15, 0.2) is 0 Å². The molecular formula is C18H34N2O2. The van der Waals surface area contributed by atoms with Crippen molar-refractivity contribution < 1.29 is 9.90 Å². The Morgan fingerprint density at radius 2 is 1.77 bits per heavy atom. The van der Waals surface area contributed by atoms with Crippen molar-refractivity contribution in [3.8, 4) is 0 Å². The SMILES string of the molecule is CCCC1CCN(C(=O)CC2(O)CCN(C(C)C)CC2)CC1. The maximum atomic E-state index is 12.5. The van der Waals surface area contributed by atoms with Crippen molar-refractivity contribution in [3.63, 3.8) is 0 Å². The fraction of sp³-hybridized carbons (Fsp3) is 0.944. The van der Waals surface area contributed by atoms with Crippen LogP contribution in [0.4, 0.5) is 0 Å². The molecule has 128 valence electrons. The summed E-state index contributed by atoms with van der Waals surface area (Å²) >= 11 is 0. The largest absolute Gasteiger partial charge is 0.389 e. The highest BCUT2D eigenvalue weighted by atomic mass is 16.3. The number of carbonyl (C=O) groups excluding carboxylic acids is 1. The summed E-state index contributed by atoms with van der Waals surface area (Å²) in [7, 11) is 0. The minimum Gasteiger partial charge on any atom is -0.389 e. The predicted molar refractivity (Wildman–Crippen MR) is 89.7 cm³/mol. The third kappa shape index (κ3) is 4.69. The zero-order chi connectivity index (χ0) is 16.2. The molecule has 0 spiro atoms. The zero-order valence-corrected chi connectivity index (χ0v) is 14.7. The molecule has 22 heavy (non-hydrogen) atoms. The Hall–Kier alpha value is -0.610. The molecule has 0 atom stereocenters. The molecule has 0 unspecified atom stereocenters. The summed E-state index contributed by atoms with van der Waals surface area (Å²) in [6.45, 7) is 10.2. The molecule has 2 fully saturated rings. The lowest BCUT2D eigenvalue weighted by Gasteiger charge is -2.41. The van der Waals surface area contributed by atoms with Crippen molar-refractivity contribution in [2.75, 3.05) is 26.2 Å². The van der Waals surface area contributed by atoms with Crippen LogP contribution in [0.5, 0.6) is 0 Å². The van der Waals surface area contributed by atoms with E-state index < -0.39 is 5.60 Å². The summed E-state index contributed by atoms with van der Waals surface area (Å²) in [5.74, 6) is 0.960. The van der Waals surface area contributed by atoms with Crippen LogP contribution in [0.25, 0.3) is 0 Å². The Kier molecular flexibility index (Phi) is 6.27. The van der Waals surface area contributed by atoms with Gasteiger partial charge in [0.05, 0.1) is 12.0 Å². The van der Waals surface area contributed by atoms with Crippen molar-refractivity contribution in [3.05, 3.63) is 0 Å². The van der Waals surface area contributed by atoms with Gasteiger partial charge in [-0.25, -0.2) is 0 Å². The van der Waals surface area contributed by atoms with Gasteiger partial charge in [-0.2, -0.15) is 0 Å². The van der Waals surface area contributed by atoms with Crippen LogP contribution in [0.1, 0.15) is 65.7 Å². The van der Waals surface area contributed by atoms with Crippen molar-refractivity contribution in [2.24, 2.45) is 5.92 Å². The Bertz CT molecular complexity index is 354.